The largest absolute Gasteiger partial charge is 0.377 e. The fourth-order valence-electron chi connectivity index (χ4n) is 5.04. The molecule has 0 aromatic heterocycles. The van der Waals surface area contributed by atoms with E-state index in [-0.39, 0.29) is 36.0 Å². The fourth-order valence-corrected chi connectivity index (χ4v) is 5.04. The summed E-state index contributed by atoms with van der Waals surface area (Å²) in [5.41, 5.74) is 0. The molecule has 1 fully saturated rings. The Labute approximate surface area is 214 Å². The summed E-state index contributed by atoms with van der Waals surface area (Å²) in [4.78, 5) is 39.3. The highest BCUT2D eigenvalue weighted by molar-refractivity contribution is 6.03. The lowest BCUT2D eigenvalue weighted by atomic mass is 9.82. The van der Waals surface area contributed by atoms with Crippen molar-refractivity contribution in [2.24, 2.45) is 17.8 Å². The van der Waals surface area contributed by atoms with E-state index in [0.717, 1.165) is 57.8 Å². The number of ether oxygens (including phenoxy) is 2. The molecule has 6 nitrogen and oxygen atoms in total. The summed E-state index contributed by atoms with van der Waals surface area (Å²) in [7, 11) is 0. The molecular formula is C29H53NO5. The molecule has 1 aliphatic rings. The first-order valence-corrected chi connectivity index (χ1v) is 14.5. The van der Waals surface area contributed by atoms with Crippen molar-refractivity contribution in [3.63, 3.8) is 0 Å². The lowest BCUT2D eigenvalue weighted by Gasteiger charge is -2.22. The summed E-state index contributed by atoms with van der Waals surface area (Å²) in [6.07, 6.45) is 14.7. The molecule has 3 unspecified atom stereocenters. The zero-order valence-electron chi connectivity index (χ0n) is 23.2. The van der Waals surface area contributed by atoms with Crippen molar-refractivity contribution in [3.8, 4) is 0 Å². The van der Waals surface area contributed by atoms with E-state index in [2.05, 4.69) is 20.8 Å². The molecule has 0 spiro atoms. The van der Waals surface area contributed by atoms with E-state index < -0.39 is 0 Å². The van der Waals surface area contributed by atoms with Gasteiger partial charge in [-0.25, -0.2) is 0 Å². The van der Waals surface area contributed by atoms with Gasteiger partial charge in [0.2, 0.25) is 11.8 Å². The first kappa shape index (κ1) is 31.8. The van der Waals surface area contributed by atoms with Gasteiger partial charge in [0.25, 0.3) is 0 Å². The van der Waals surface area contributed by atoms with E-state index in [4.69, 9.17) is 9.47 Å². The monoisotopic (exact) mass is 495 g/mol. The number of Topliss-reactive ketones (excluding diaryl/α,β-unsaturated/α-hetero) is 1. The van der Waals surface area contributed by atoms with E-state index >= 15 is 0 Å². The zero-order valence-corrected chi connectivity index (χ0v) is 23.2. The third-order valence-corrected chi connectivity index (χ3v) is 7.38. The number of likely N-dealkylation sites (tertiary alicyclic amines) is 1. The van der Waals surface area contributed by atoms with Crippen molar-refractivity contribution in [1.82, 2.24) is 4.90 Å². The van der Waals surface area contributed by atoms with E-state index in [0.29, 0.717) is 38.7 Å². The molecule has 0 aliphatic carbocycles. The number of hydrogen-bond donors (Lipinski definition) is 0. The van der Waals surface area contributed by atoms with Gasteiger partial charge in [0, 0.05) is 12.3 Å². The maximum absolute atomic E-state index is 13.1. The molecule has 1 heterocycles. The van der Waals surface area contributed by atoms with Crippen molar-refractivity contribution in [3.05, 3.63) is 0 Å². The molecule has 0 N–H and O–H groups in total. The third kappa shape index (κ3) is 12.5. The molecule has 0 radical (unpaired) electrons. The number of hydrogen-bond acceptors (Lipinski definition) is 5. The molecule has 204 valence electrons. The second kappa shape index (κ2) is 19.9. The highest BCUT2D eigenvalue weighted by Gasteiger charge is 2.41. The zero-order chi connectivity index (χ0) is 25.9. The Hall–Kier alpha value is -1.27. The average Bonchev–Trinajstić information content (AvgIpc) is 3.13. The van der Waals surface area contributed by atoms with Gasteiger partial charge in [-0.05, 0) is 31.6 Å². The minimum Gasteiger partial charge on any atom is -0.377 e. The number of imide groups is 1. The Morgan fingerprint density at radius 3 is 2.14 bits per heavy atom. The molecule has 0 bridgehead atoms. The first-order valence-electron chi connectivity index (χ1n) is 14.5. The van der Waals surface area contributed by atoms with Gasteiger partial charge in [0.15, 0.2) is 5.78 Å². The van der Waals surface area contributed by atoms with Crippen molar-refractivity contribution < 1.29 is 23.9 Å². The van der Waals surface area contributed by atoms with Crippen LogP contribution in [-0.4, -0.2) is 55.5 Å². The SMILES string of the molecule is CCCCCCCC(CCCC)C1CC(=O)N(CCOCCOCC(=O)C(CC)CCCC)C1=O. The molecular weight excluding hydrogens is 442 g/mol. The van der Waals surface area contributed by atoms with Gasteiger partial charge in [-0.3, -0.25) is 19.3 Å². The molecule has 3 atom stereocenters. The van der Waals surface area contributed by atoms with E-state index in [9.17, 15) is 14.4 Å². The van der Waals surface area contributed by atoms with Crippen LogP contribution in [0.15, 0.2) is 0 Å². The highest BCUT2D eigenvalue weighted by atomic mass is 16.5. The number of nitrogens with zero attached hydrogens (tertiary/aromatic N) is 1. The summed E-state index contributed by atoms with van der Waals surface area (Å²) in [5, 5.41) is 0. The van der Waals surface area contributed by atoms with Crippen LogP contribution in [0.25, 0.3) is 0 Å². The van der Waals surface area contributed by atoms with Gasteiger partial charge in [0.1, 0.15) is 6.61 Å². The van der Waals surface area contributed by atoms with Crippen LogP contribution in [0.1, 0.15) is 118 Å². The van der Waals surface area contributed by atoms with Crippen molar-refractivity contribution in [2.45, 2.75) is 118 Å². The van der Waals surface area contributed by atoms with Crippen molar-refractivity contribution in [1.29, 1.82) is 0 Å². The Morgan fingerprint density at radius 2 is 1.46 bits per heavy atom. The van der Waals surface area contributed by atoms with Crippen LogP contribution in [-0.2, 0) is 23.9 Å². The summed E-state index contributed by atoms with van der Waals surface area (Å²) >= 11 is 0. The van der Waals surface area contributed by atoms with Gasteiger partial charge in [0.05, 0.1) is 32.3 Å². The van der Waals surface area contributed by atoms with Crippen LogP contribution in [0, 0.1) is 17.8 Å². The second-order valence-electron chi connectivity index (χ2n) is 10.2. The van der Waals surface area contributed by atoms with E-state index in [1.807, 2.05) is 6.92 Å². The second-order valence-corrected chi connectivity index (χ2v) is 10.2. The van der Waals surface area contributed by atoms with Gasteiger partial charge < -0.3 is 9.47 Å². The maximum Gasteiger partial charge on any atom is 0.233 e. The van der Waals surface area contributed by atoms with Gasteiger partial charge in [-0.1, -0.05) is 85.5 Å². The van der Waals surface area contributed by atoms with Gasteiger partial charge in [-0.2, -0.15) is 0 Å². The van der Waals surface area contributed by atoms with Crippen LogP contribution in [0.3, 0.4) is 0 Å². The molecule has 1 saturated heterocycles. The van der Waals surface area contributed by atoms with Crippen LogP contribution < -0.4 is 0 Å². The topological polar surface area (TPSA) is 72.9 Å². The van der Waals surface area contributed by atoms with E-state index in [1.54, 1.807) is 0 Å². The number of ketones is 1. The van der Waals surface area contributed by atoms with Crippen molar-refractivity contribution in [2.75, 3.05) is 33.0 Å². The Bertz CT molecular complexity index is 594. The van der Waals surface area contributed by atoms with Gasteiger partial charge in [-0.15, -0.1) is 0 Å². The lowest BCUT2D eigenvalue weighted by Crippen LogP contribution is -2.35. The summed E-state index contributed by atoms with van der Waals surface area (Å²) in [6.45, 7) is 10.0. The Morgan fingerprint density at radius 1 is 0.829 bits per heavy atom. The highest BCUT2D eigenvalue weighted by Crippen LogP contribution is 2.33. The third-order valence-electron chi connectivity index (χ3n) is 7.38. The van der Waals surface area contributed by atoms with Crippen LogP contribution in [0.5, 0.6) is 0 Å². The molecule has 0 aromatic carbocycles. The molecule has 0 saturated carbocycles. The Kier molecular flexibility index (Phi) is 18.0. The minimum atomic E-state index is -0.159. The van der Waals surface area contributed by atoms with Crippen LogP contribution in [0.2, 0.25) is 0 Å². The normalized spacial score (nSPS) is 17.8. The summed E-state index contributed by atoms with van der Waals surface area (Å²) in [5.74, 6) is 0.350. The Balaban J connectivity index is 2.34. The van der Waals surface area contributed by atoms with Crippen LogP contribution >= 0.6 is 0 Å². The molecule has 6 heteroatoms. The van der Waals surface area contributed by atoms with Crippen molar-refractivity contribution >= 4 is 17.6 Å². The number of unbranched alkanes of at least 4 members (excludes halogenated alkanes) is 6. The fraction of sp³-hybridized carbons (Fsp3) is 0.897. The lowest BCUT2D eigenvalue weighted by molar-refractivity contribution is -0.141. The average molecular weight is 496 g/mol. The minimum absolute atomic E-state index is 0.00667. The summed E-state index contributed by atoms with van der Waals surface area (Å²) in [6, 6.07) is 0. The first-order chi connectivity index (χ1) is 17.0. The van der Waals surface area contributed by atoms with Crippen LogP contribution in [0.4, 0.5) is 0 Å². The number of carbonyl (C=O) groups excluding carboxylic acids is 3. The smallest absolute Gasteiger partial charge is 0.233 e. The number of amides is 2. The standard InChI is InChI=1S/C29H53NO5/c1-5-9-12-13-14-17-25(16-11-7-3)26-22-28(32)30(29(26)33)18-19-34-20-21-35-23-27(31)24(8-4)15-10-6-2/h24-26H,5-23H2,1-4H3. The predicted octanol–water partition coefficient (Wildman–Crippen LogP) is 6.35. The van der Waals surface area contributed by atoms with Gasteiger partial charge >= 0.3 is 0 Å². The molecule has 0 aromatic rings. The summed E-state index contributed by atoms with van der Waals surface area (Å²) < 4.78 is 11.1. The predicted molar refractivity (Wildman–Crippen MR) is 141 cm³/mol. The number of carbonyl (C=O) groups is 3. The molecule has 35 heavy (non-hydrogen) atoms. The maximum atomic E-state index is 13.1. The quantitative estimate of drug-likeness (QED) is 0.122. The molecule has 1 rings (SSSR count). The molecule has 2 amide bonds. The number of rotatable bonds is 23. The molecule has 1 aliphatic heterocycles. The van der Waals surface area contributed by atoms with E-state index in [1.165, 1.54) is 30.6 Å².